The number of rotatable bonds is 8. The number of carbonyl (C=O) groups excluding carboxylic acids is 6. The zero-order chi connectivity index (χ0) is 45.1. The fourth-order valence-electron chi connectivity index (χ4n) is 10.2. The molecule has 5 aliphatic heterocycles. The van der Waals surface area contributed by atoms with E-state index in [0.29, 0.717) is 82.4 Å². The first-order valence-corrected chi connectivity index (χ1v) is 22.5. The van der Waals surface area contributed by atoms with Crippen molar-refractivity contribution in [2.45, 2.75) is 71.4 Å². The van der Waals surface area contributed by atoms with E-state index in [1.807, 2.05) is 29.0 Å². The predicted molar refractivity (Wildman–Crippen MR) is 242 cm³/mol. The zero-order valence-electron chi connectivity index (χ0n) is 36.7. The molecule has 0 saturated carbocycles. The number of hydrogen-bond acceptors (Lipinski definition) is 12. The molecule has 3 fully saturated rings. The van der Waals surface area contributed by atoms with Crippen molar-refractivity contribution in [3.8, 4) is 0 Å². The molecule has 17 nitrogen and oxygen atoms in total. The second kappa shape index (κ2) is 16.8. The number of hydrogen-bond donors (Lipinski definition) is 3. The van der Waals surface area contributed by atoms with Crippen LogP contribution in [-0.4, -0.2) is 109 Å². The van der Waals surface area contributed by atoms with E-state index in [-0.39, 0.29) is 47.6 Å². The Labute approximate surface area is 375 Å². The van der Waals surface area contributed by atoms with Gasteiger partial charge in [-0.2, -0.15) is 10.1 Å². The molecule has 1 unspecified atom stereocenters. The van der Waals surface area contributed by atoms with Crippen LogP contribution in [0.5, 0.6) is 0 Å². The van der Waals surface area contributed by atoms with Crippen LogP contribution < -0.4 is 20.9 Å². The van der Waals surface area contributed by atoms with Crippen molar-refractivity contribution in [2.75, 3.05) is 48.3 Å². The third kappa shape index (κ3) is 7.82. The normalized spacial score (nSPS) is 19.4. The summed E-state index contributed by atoms with van der Waals surface area (Å²) in [7, 11) is 1.87. The highest BCUT2D eigenvalue weighted by Gasteiger charge is 2.45. The highest BCUT2D eigenvalue weighted by molar-refractivity contribution is 6.23. The summed E-state index contributed by atoms with van der Waals surface area (Å²) in [4.78, 5) is 94.8. The molecule has 3 aromatic carbocycles. The van der Waals surface area contributed by atoms with E-state index in [4.69, 9.17) is 10.1 Å². The number of fused-ring (bicyclic) bond motifs is 3. The molecule has 1 atom stereocenters. The number of benzene rings is 3. The van der Waals surface area contributed by atoms with Crippen molar-refractivity contribution in [1.29, 1.82) is 0 Å². The number of amides is 6. The van der Waals surface area contributed by atoms with Crippen molar-refractivity contribution in [1.82, 2.24) is 39.8 Å². The number of aryl methyl sites for hydroxylation is 3. The van der Waals surface area contributed by atoms with Crippen LogP contribution in [0, 0.1) is 25.7 Å². The minimum absolute atomic E-state index is 0.0623. The summed E-state index contributed by atoms with van der Waals surface area (Å²) in [5, 5.41) is 14.6. The van der Waals surface area contributed by atoms with E-state index < -0.39 is 29.7 Å². The SMILES string of the molecule is Cc1cccc(C)c1Nc1nn(C)c2nc(Nc3ccc4c(c3)CN(C(=O)C3CCN(C(=O)C5CCN(c6ccc7c(c6)C(=O)N(C6CCC(=O)NC6=O)C7=O)CC5)CC3)CC4)ncc12. The monoisotopic (exact) mass is 877 g/mol. The van der Waals surface area contributed by atoms with Gasteiger partial charge in [-0.25, -0.2) is 9.67 Å². The Balaban J connectivity index is 0.712. The Bertz CT molecular complexity index is 2780. The van der Waals surface area contributed by atoms with Crippen LogP contribution in [0.15, 0.2) is 60.8 Å². The summed E-state index contributed by atoms with van der Waals surface area (Å²) in [6.45, 7) is 7.61. The van der Waals surface area contributed by atoms with Crippen molar-refractivity contribution in [3.63, 3.8) is 0 Å². The second-order valence-electron chi connectivity index (χ2n) is 18.0. The molecule has 0 aliphatic carbocycles. The van der Waals surface area contributed by atoms with Crippen molar-refractivity contribution >= 4 is 75.3 Å². The molecular formula is C48H51N11O6. The first-order valence-electron chi connectivity index (χ1n) is 22.5. The van der Waals surface area contributed by atoms with Gasteiger partial charge in [0.15, 0.2) is 11.5 Å². The van der Waals surface area contributed by atoms with E-state index in [1.165, 1.54) is 5.56 Å². The minimum Gasteiger partial charge on any atom is -0.371 e. The maximum Gasteiger partial charge on any atom is 0.262 e. The summed E-state index contributed by atoms with van der Waals surface area (Å²) in [5.74, 6) is -1.00. The van der Waals surface area contributed by atoms with E-state index in [1.54, 1.807) is 29.1 Å². The lowest BCUT2D eigenvalue weighted by molar-refractivity contribution is -0.143. The van der Waals surface area contributed by atoms with Gasteiger partial charge in [-0.15, -0.1) is 0 Å². The van der Waals surface area contributed by atoms with Gasteiger partial charge in [-0.05, 0) is 105 Å². The molecule has 3 saturated heterocycles. The highest BCUT2D eigenvalue weighted by atomic mass is 16.2. The lowest BCUT2D eigenvalue weighted by atomic mass is 9.90. The largest absolute Gasteiger partial charge is 0.371 e. The molecule has 17 heteroatoms. The summed E-state index contributed by atoms with van der Waals surface area (Å²) < 4.78 is 1.75. The zero-order valence-corrected chi connectivity index (χ0v) is 36.7. The van der Waals surface area contributed by atoms with Crippen LogP contribution >= 0.6 is 0 Å². The maximum absolute atomic E-state index is 13.9. The number of imide groups is 2. The van der Waals surface area contributed by atoms with Crippen LogP contribution in [0.1, 0.15) is 81.5 Å². The Kier molecular flexibility index (Phi) is 10.8. The second-order valence-corrected chi connectivity index (χ2v) is 18.0. The predicted octanol–water partition coefficient (Wildman–Crippen LogP) is 4.91. The standard InChI is InChI=1S/C48H51N11O6/c1-27-5-4-6-28(2)40(27)52-41-37-25-49-48(53-42(37)55(3)54-41)50-33-8-7-29-13-22-58(26-32(29)23-33)45(63)31-16-20-57(21-17-31)44(62)30-14-18-56(19-15-30)34-9-10-35-36(24-34)47(65)59(46(35)64)38-11-12-39(60)51-43(38)61/h4-10,23-25,30-31,38H,11-22,26H2,1-3H3,(H,52,54)(H,49,50,53)(H,51,60,61). The molecule has 334 valence electrons. The van der Waals surface area contributed by atoms with Gasteiger partial charge < -0.3 is 25.3 Å². The molecule has 7 heterocycles. The van der Waals surface area contributed by atoms with E-state index in [0.717, 1.165) is 50.5 Å². The molecule has 3 N–H and O–H groups in total. The maximum atomic E-state index is 13.9. The molecular weight excluding hydrogens is 827 g/mol. The first-order chi connectivity index (χ1) is 31.4. The average Bonchev–Trinajstić information content (AvgIpc) is 3.76. The third-order valence-corrected chi connectivity index (χ3v) is 13.9. The minimum atomic E-state index is -1.02. The van der Waals surface area contributed by atoms with Gasteiger partial charge in [0.05, 0.1) is 16.5 Å². The Morgan fingerprint density at radius 3 is 2.18 bits per heavy atom. The van der Waals surface area contributed by atoms with E-state index in [9.17, 15) is 28.8 Å². The number of anilines is 5. The fourth-order valence-corrected chi connectivity index (χ4v) is 10.2. The van der Waals surface area contributed by atoms with Crippen molar-refractivity contribution in [2.24, 2.45) is 18.9 Å². The Hall–Kier alpha value is -7.17. The number of likely N-dealkylation sites (tertiary alicyclic amines) is 1. The van der Waals surface area contributed by atoms with Crippen molar-refractivity contribution in [3.05, 3.63) is 94.2 Å². The van der Waals surface area contributed by atoms with Gasteiger partial charge in [0, 0.05) is 87.8 Å². The lowest BCUT2D eigenvalue weighted by Crippen LogP contribution is -2.54. The van der Waals surface area contributed by atoms with Crippen LogP contribution in [0.2, 0.25) is 0 Å². The third-order valence-electron chi connectivity index (χ3n) is 13.9. The lowest BCUT2D eigenvalue weighted by Gasteiger charge is -2.39. The number of nitrogens with zero attached hydrogens (tertiary/aromatic N) is 8. The van der Waals surface area contributed by atoms with Crippen molar-refractivity contribution < 1.29 is 28.8 Å². The average molecular weight is 878 g/mol. The van der Waals surface area contributed by atoms with Gasteiger partial charge >= 0.3 is 0 Å². The summed E-state index contributed by atoms with van der Waals surface area (Å²) in [6.07, 6.45) is 5.26. The number of carbonyl (C=O) groups is 6. The number of aromatic nitrogens is 4. The van der Waals surface area contributed by atoms with Gasteiger partial charge in [0.25, 0.3) is 11.8 Å². The topological polar surface area (TPSA) is 195 Å². The summed E-state index contributed by atoms with van der Waals surface area (Å²) >= 11 is 0. The molecule has 2 aromatic heterocycles. The summed E-state index contributed by atoms with van der Waals surface area (Å²) in [5.41, 5.74) is 8.36. The Morgan fingerprint density at radius 2 is 1.45 bits per heavy atom. The van der Waals surface area contributed by atoms with Crippen LogP contribution in [0.3, 0.4) is 0 Å². The molecule has 0 bridgehead atoms. The molecule has 10 rings (SSSR count). The van der Waals surface area contributed by atoms with E-state index >= 15 is 0 Å². The number of nitrogens with one attached hydrogen (secondary N) is 3. The first kappa shape index (κ1) is 41.8. The Morgan fingerprint density at radius 1 is 0.738 bits per heavy atom. The van der Waals surface area contributed by atoms with Gasteiger partial charge in [-0.3, -0.25) is 39.0 Å². The van der Waals surface area contributed by atoms with E-state index in [2.05, 4.69) is 63.9 Å². The van der Waals surface area contributed by atoms with Gasteiger partial charge in [-0.1, -0.05) is 24.3 Å². The van der Waals surface area contributed by atoms with Gasteiger partial charge in [0.2, 0.25) is 29.6 Å². The molecule has 5 aromatic rings. The highest BCUT2D eigenvalue weighted by Crippen LogP contribution is 2.35. The number of para-hydroxylation sites is 1. The molecule has 65 heavy (non-hydrogen) atoms. The smallest absolute Gasteiger partial charge is 0.262 e. The molecule has 6 amide bonds. The summed E-state index contributed by atoms with van der Waals surface area (Å²) in [6, 6.07) is 16.5. The molecule has 0 spiro atoms. The molecule has 5 aliphatic rings. The van der Waals surface area contributed by atoms with Gasteiger partial charge in [0.1, 0.15) is 6.04 Å². The molecule has 0 radical (unpaired) electrons. The van der Waals surface area contributed by atoms with Crippen LogP contribution in [-0.2, 0) is 39.2 Å². The fraction of sp³-hybridized carbons (Fsp3) is 0.396. The quantitative estimate of drug-likeness (QED) is 0.179. The number of piperidine rings is 3. The van der Waals surface area contributed by atoms with Crippen LogP contribution in [0.4, 0.5) is 28.8 Å². The van der Waals surface area contributed by atoms with Crippen LogP contribution in [0.25, 0.3) is 11.0 Å².